The minimum absolute atomic E-state index is 0.0128. The van der Waals surface area contributed by atoms with Crippen molar-refractivity contribution in [3.63, 3.8) is 0 Å². The highest BCUT2D eigenvalue weighted by atomic mass is 32.2. The average molecular weight is 344 g/mol. The van der Waals surface area contributed by atoms with E-state index in [1.165, 1.54) is 45.6 Å². The van der Waals surface area contributed by atoms with Crippen LogP contribution < -0.4 is 14.4 Å². The number of ether oxygens (including phenoxy) is 2. The Morgan fingerprint density at radius 3 is 2.52 bits per heavy atom. The molecule has 1 aliphatic rings. The minimum Gasteiger partial charge on any atom is -0.497 e. The molecule has 2 rings (SSSR count). The summed E-state index contributed by atoms with van der Waals surface area (Å²) in [6.45, 7) is 3.10. The van der Waals surface area contributed by atoms with Gasteiger partial charge in [-0.2, -0.15) is 0 Å². The van der Waals surface area contributed by atoms with Crippen molar-refractivity contribution in [2.45, 2.75) is 24.2 Å². The fourth-order valence-corrected chi connectivity index (χ4v) is 3.50. The van der Waals surface area contributed by atoms with E-state index in [0.717, 1.165) is 13.1 Å². The van der Waals surface area contributed by atoms with Gasteiger partial charge in [-0.1, -0.05) is 11.3 Å². The van der Waals surface area contributed by atoms with Gasteiger partial charge in [0, 0.05) is 12.6 Å². The van der Waals surface area contributed by atoms with E-state index >= 15 is 0 Å². The van der Waals surface area contributed by atoms with Gasteiger partial charge in [0.15, 0.2) is 0 Å². The van der Waals surface area contributed by atoms with Crippen molar-refractivity contribution in [1.82, 2.24) is 9.79 Å². The molecule has 0 aliphatic carbocycles. The third kappa shape index (κ3) is 5.07. The van der Waals surface area contributed by atoms with Crippen LogP contribution in [-0.2, 0) is 14.9 Å². The SMILES string of the molecule is COc1ccc(S(=O)(=O)NOCCN2CCCCC2)c(OC)c1. The van der Waals surface area contributed by atoms with E-state index < -0.39 is 10.0 Å². The molecule has 0 atom stereocenters. The van der Waals surface area contributed by atoms with Gasteiger partial charge in [0.25, 0.3) is 10.0 Å². The lowest BCUT2D eigenvalue weighted by Crippen LogP contribution is -2.35. The van der Waals surface area contributed by atoms with Crippen molar-refractivity contribution in [2.24, 2.45) is 0 Å². The molecule has 1 fully saturated rings. The molecule has 1 heterocycles. The van der Waals surface area contributed by atoms with Crippen LogP contribution in [0.25, 0.3) is 0 Å². The summed E-state index contributed by atoms with van der Waals surface area (Å²) in [5.74, 6) is 0.725. The molecular formula is C15H24N2O5S. The molecule has 0 radical (unpaired) electrons. The fourth-order valence-electron chi connectivity index (χ4n) is 2.52. The Labute approximate surface area is 137 Å². The highest BCUT2D eigenvalue weighted by molar-refractivity contribution is 7.89. The van der Waals surface area contributed by atoms with Crippen LogP contribution in [0.5, 0.6) is 11.5 Å². The average Bonchev–Trinajstić information content (AvgIpc) is 2.59. The van der Waals surface area contributed by atoms with Crippen molar-refractivity contribution in [3.8, 4) is 11.5 Å². The summed E-state index contributed by atoms with van der Waals surface area (Å²) in [6.07, 6.45) is 3.64. The Kier molecular flexibility index (Phi) is 6.64. The molecule has 1 aliphatic heterocycles. The van der Waals surface area contributed by atoms with E-state index in [4.69, 9.17) is 14.3 Å². The molecule has 1 N–H and O–H groups in total. The lowest BCUT2D eigenvalue weighted by molar-refractivity contribution is 0.0655. The lowest BCUT2D eigenvalue weighted by Gasteiger charge is -2.25. The van der Waals surface area contributed by atoms with Gasteiger partial charge in [-0.25, -0.2) is 8.42 Å². The number of nitrogens with zero attached hydrogens (tertiary/aromatic N) is 1. The molecule has 0 amide bonds. The number of nitrogens with one attached hydrogen (secondary N) is 1. The summed E-state index contributed by atoms with van der Waals surface area (Å²) in [6, 6.07) is 4.50. The van der Waals surface area contributed by atoms with Gasteiger partial charge in [0.05, 0.1) is 20.8 Å². The number of methoxy groups -OCH3 is 2. The van der Waals surface area contributed by atoms with Crippen molar-refractivity contribution >= 4 is 10.0 Å². The van der Waals surface area contributed by atoms with Crippen molar-refractivity contribution in [2.75, 3.05) is 40.5 Å². The molecular weight excluding hydrogens is 320 g/mol. The van der Waals surface area contributed by atoms with E-state index in [-0.39, 0.29) is 10.6 Å². The van der Waals surface area contributed by atoms with Crippen LogP contribution in [-0.4, -0.2) is 53.8 Å². The van der Waals surface area contributed by atoms with Crippen molar-refractivity contribution in [3.05, 3.63) is 18.2 Å². The predicted octanol–water partition coefficient (Wildman–Crippen LogP) is 1.40. The number of likely N-dealkylation sites (tertiary alicyclic amines) is 1. The van der Waals surface area contributed by atoms with Crippen LogP contribution >= 0.6 is 0 Å². The Bertz CT molecular complexity index is 600. The van der Waals surface area contributed by atoms with Gasteiger partial charge in [0.2, 0.25) is 0 Å². The van der Waals surface area contributed by atoms with Gasteiger partial charge in [0.1, 0.15) is 16.4 Å². The quantitative estimate of drug-likeness (QED) is 0.567. The number of sulfonamides is 1. The van der Waals surface area contributed by atoms with Gasteiger partial charge < -0.3 is 14.4 Å². The maximum Gasteiger partial charge on any atom is 0.266 e. The first-order valence-electron chi connectivity index (χ1n) is 7.65. The number of piperidine rings is 1. The molecule has 0 bridgehead atoms. The van der Waals surface area contributed by atoms with Gasteiger partial charge >= 0.3 is 0 Å². The summed E-state index contributed by atoms with van der Waals surface area (Å²) in [7, 11) is -0.890. The number of hydrogen-bond donors (Lipinski definition) is 1. The molecule has 130 valence electrons. The van der Waals surface area contributed by atoms with Gasteiger partial charge in [-0.05, 0) is 38.1 Å². The Morgan fingerprint density at radius 2 is 1.87 bits per heavy atom. The van der Waals surface area contributed by atoms with Crippen LogP contribution in [0.15, 0.2) is 23.1 Å². The first-order chi connectivity index (χ1) is 11.1. The zero-order valence-corrected chi connectivity index (χ0v) is 14.4. The van der Waals surface area contributed by atoms with Crippen LogP contribution in [0.2, 0.25) is 0 Å². The molecule has 0 spiro atoms. The van der Waals surface area contributed by atoms with E-state index in [9.17, 15) is 8.42 Å². The normalized spacial score (nSPS) is 16.3. The third-order valence-corrected chi connectivity index (χ3v) is 5.04. The standard InChI is InChI=1S/C15H24N2O5S/c1-20-13-6-7-15(14(12-13)21-2)23(18,19)16-22-11-10-17-8-4-3-5-9-17/h6-7,12,16H,3-5,8-11H2,1-2H3. The molecule has 1 aromatic carbocycles. The molecule has 7 nitrogen and oxygen atoms in total. The summed E-state index contributed by atoms with van der Waals surface area (Å²) in [5, 5.41) is 0. The maximum absolute atomic E-state index is 12.3. The summed E-state index contributed by atoms with van der Waals surface area (Å²) in [5.41, 5.74) is 0. The van der Waals surface area contributed by atoms with Crippen molar-refractivity contribution < 1.29 is 22.7 Å². The summed E-state index contributed by atoms with van der Waals surface area (Å²) < 4.78 is 34.8. The molecule has 0 unspecified atom stereocenters. The zero-order valence-electron chi connectivity index (χ0n) is 13.6. The van der Waals surface area contributed by atoms with E-state index in [1.807, 2.05) is 0 Å². The predicted molar refractivity (Wildman–Crippen MR) is 86.1 cm³/mol. The summed E-state index contributed by atoms with van der Waals surface area (Å²) >= 11 is 0. The molecule has 0 aromatic heterocycles. The van der Waals surface area contributed by atoms with Gasteiger partial charge in [-0.3, -0.25) is 4.84 Å². The second kappa shape index (κ2) is 8.49. The first-order valence-corrected chi connectivity index (χ1v) is 9.13. The first kappa shape index (κ1) is 18.0. The topological polar surface area (TPSA) is 77.1 Å². The number of hydrogen-bond acceptors (Lipinski definition) is 6. The van der Waals surface area contributed by atoms with E-state index in [2.05, 4.69) is 9.79 Å². The maximum atomic E-state index is 12.3. The number of benzene rings is 1. The molecule has 23 heavy (non-hydrogen) atoms. The highest BCUT2D eigenvalue weighted by Crippen LogP contribution is 2.28. The molecule has 1 aromatic rings. The van der Waals surface area contributed by atoms with Crippen molar-refractivity contribution in [1.29, 1.82) is 0 Å². The van der Waals surface area contributed by atoms with Crippen LogP contribution in [0, 0.1) is 0 Å². The summed E-state index contributed by atoms with van der Waals surface area (Å²) in [4.78, 5) is 9.58. The second-order valence-corrected chi connectivity index (χ2v) is 6.97. The van der Waals surface area contributed by atoms with Crippen LogP contribution in [0.1, 0.15) is 19.3 Å². The Hall–Kier alpha value is -1.35. The fraction of sp³-hybridized carbons (Fsp3) is 0.600. The van der Waals surface area contributed by atoms with Gasteiger partial charge in [-0.15, -0.1) is 0 Å². The molecule has 1 saturated heterocycles. The van der Waals surface area contributed by atoms with E-state index in [1.54, 1.807) is 6.07 Å². The largest absolute Gasteiger partial charge is 0.497 e. The van der Waals surface area contributed by atoms with Crippen LogP contribution in [0.4, 0.5) is 0 Å². The second-order valence-electron chi connectivity index (χ2n) is 5.35. The Balaban J connectivity index is 1.90. The van der Waals surface area contributed by atoms with Crippen LogP contribution in [0.3, 0.4) is 0 Å². The number of rotatable bonds is 8. The monoisotopic (exact) mass is 344 g/mol. The molecule has 8 heteroatoms. The zero-order chi connectivity index (χ0) is 16.7. The Morgan fingerprint density at radius 1 is 1.13 bits per heavy atom. The molecule has 0 saturated carbocycles. The highest BCUT2D eigenvalue weighted by Gasteiger charge is 2.20. The van der Waals surface area contributed by atoms with E-state index in [0.29, 0.717) is 18.9 Å². The third-order valence-electron chi connectivity index (χ3n) is 3.79. The lowest BCUT2D eigenvalue weighted by atomic mass is 10.1. The minimum atomic E-state index is -3.80. The smallest absolute Gasteiger partial charge is 0.266 e.